The molecule has 2 aliphatic heterocycles. The number of benzene rings is 3. The summed E-state index contributed by atoms with van der Waals surface area (Å²) in [5.74, 6) is 3.10. The highest BCUT2D eigenvalue weighted by atomic mass is 16.5. The molecule has 0 spiro atoms. The fourth-order valence-corrected chi connectivity index (χ4v) is 4.46. The van der Waals surface area contributed by atoms with Crippen molar-refractivity contribution in [2.24, 2.45) is 4.99 Å². The molecule has 1 N–H and O–H groups in total. The highest BCUT2D eigenvalue weighted by Crippen LogP contribution is 2.39. The second kappa shape index (κ2) is 10.3. The molecule has 5 rings (SSSR count). The van der Waals surface area contributed by atoms with Gasteiger partial charge >= 0.3 is 0 Å². The summed E-state index contributed by atoms with van der Waals surface area (Å²) in [6.45, 7) is 6.91. The third-order valence-electron chi connectivity index (χ3n) is 6.52. The minimum atomic E-state index is -0.264. The minimum Gasteiger partial charge on any atom is -0.497 e. The molecule has 1 saturated heterocycles. The van der Waals surface area contributed by atoms with Gasteiger partial charge in [-0.2, -0.15) is 0 Å². The van der Waals surface area contributed by atoms with Crippen molar-refractivity contribution in [3.05, 3.63) is 71.8 Å². The van der Waals surface area contributed by atoms with Gasteiger partial charge in [0, 0.05) is 43.5 Å². The number of piperazine rings is 1. The Balaban J connectivity index is 1.48. The third-order valence-corrected chi connectivity index (χ3v) is 6.52. The normalized spacial score (nSPS) is 15.1. The van der Waals surface area contributed by atoms with E-state index in [1.807, 2.05) is 42.5 Å². The molecule has 0 aromatic heterocycles. The number of hydrogen-bond donors (Lipinski definition) is 1. The smallest absolute Gasteiger partial charge is 0.255 e. The molecule has 36 heavy (non-hydrogen) atoms. The zero-order valence-corrected chi connectivity index (χ0v) is 20.8. The van der Waals surface area contributed by atoms with E-state index in [4.69, 9.17) is 19.2 Å². The molecular formula is C28H30N4O4. The number of methoxy groups -OCH3 is 2. The molecule has 3 aromatic carbocycles. The lowest BCUT2D eigenvalue weighted by atomic mass is 10.1. The average Bonchev–Trinajstić information content (AvgIpc) is 3.09. The molecule has 0 radical (unpaired) electrons. The number of carbonyl (C=O) groups excluding carboxylic acids is 1. The van der Waals surface area contributed by atoms with E-state index in [0.717, 1.165) is 49.8 Å². The number of rotatable bonds is 5. The van der Waals surface area contributed by atoms with Crippen molar-refractivity contribution in [1.82, 2.24) is 9.80 Å². The van der Waals surface area contributed by atoms with Crippen LogP contribution in [0.25, 0.3) is 0 Å². The summed E-state index contributed by atoms with van der Waals surface area (Å²) >= 11 is 0. The van der Waals surface area contributed by atoms with E-state index in [1.165, 1.54) is 0 Å². The monoisotopic (exact) mass is 486 g/mol. The van der Waals surface area contributed by atoms with Crippen LogP contribution in [0.3, 0.4) is 0 Å². The number of amidine groups is 1. The number of aliphatic imine (C=N–C) groups is 1. The molecule has 0 aliphatic carbocycles. The highest BCUT2D eigenvalue weighted by Gasteiger charge is 2.26. The van der Waals surface area contributed by atoms with Crippen LogP contribution in [0, 0.1) is 0 Å². The first kappa shape index (κ1) is 23.7. The summed E-state index contributed by atoms with van der Waals surface area (Å²) in [6.07, 6.45) is 0. The zero-order chi connectivity index (χ0) is 25.1. The number of ether oxygens (including phenoxy) is 3. The Labute approximate surface area is 211 Å². The molecule has 8 heteroatoms. The summed E-state index contributed by atoms with van der Waals surface area (Å²) in [6, 6.07) is 18.5. The Hall–Kier alpha value is -4.04. The molecule has 2 heterocycles. The van der Waals surface area contributed by atoms with E-state index in [-0.39, 0.29) is 5.91 Å². The van der Waals surface area contributed by atoms with Crippen molar-refractivity contribution >= 4 is 23.1 Å². The van der Waals surface area contributed by atoms with Crippen LogP contribution in [0.15, 0.2) is 65.7 Å². The molecular weight excluding hydrogens is 456 g/mol. The molecule has 0 atom stereocenters. The lowest BCUT2D eigenvalue weighted by Gasteiger charge is -2.36. The fraction of sp³-hybridized carbons (Fsp3) is 0.286. The van der Waals surface area contributed by atoms with Crippen molar-refractivity contribution < 1.29 is 19.0 Å². The molecule has 186 valence electrons. The Morgan fingerprint density at radius 3 is 2.36 bits per heavy atom. The maximum absolute atomic E-state index is 13.1. The first-order valence-corrected chi connectivity index (χ1v) is 12.1. The van der Waals surface area contributed by atoms with Gasteiger partial charge in [-0.3, -0.25) is 4.79 Å². The summed E-state index contributed by atoms with van der Waals surface area (Å²) < 4.78 is 16.9. The summed E-state index contributed by atoms with van der Waals surface area (Å²) in [7, 11) is 3.12. The van der Waals surface area contributed by atoms with Crippen molar-refractivity contribution in [2.45, 2.75) is 6.92 Å². The average molecular weight is 487 g/mol. The number of carbonyl (C=O) groups is 1. The van der Waals surface area contributed by atoms with Crippen LogP contribution in [0.4, 0.5) is 11.4 Å². The van der Waals surface area contributed by atoms with Crippen molar-refractivity contribution in [3.63, 3.8) is 0 Å². The van der Waals surface area contributed by atoms with Gasteiger partial charge in [0.15, 0.2) is 5.75 Å². The lowest BCUT2D eigenvalue weighted by Crippen LogP contribution is -2.48. The zero-order valence-electron chi connectivity index (χ0n) is 20.8. The highest BCUT2D eigenvalue weighted by molar-refractivity contribution is 6.07. The van der Waals surface area contributed by atoms with Gasteiger partial charge in [-0.05, 0) is 49.0 Å². The van der Waals surface area contributed by atoms with Crippen molar-refractivity contribution in [1.29, 1.82) is 0 Å². The Morgan fingerprint density at radius 2 is 1.67 bits per heavy atom. The summed E-state index contributed by atoms with van der Waals surface area (Å²) in [4.78, 5) is 22.9. The molecule has 0 bridgehead atoms. The van der Waals surface area contributed by atoms with E-state index in [0.29, 0.717) is 34.2 Å². The third kappa shape index (κ3) is 4.85. The molecule has 1 fully saturated rings. The van der Waals surface area contributed by atoms with E-state index in [2.05, 4.69) is 22.0 Å². The van der Waals surface area contributed by atoms with E-state index in [1.54, 1.807) is 32.4 Å². The quantitative estimate of drug-likeness (QED) is 0.560. The molecule has 8 nitrogen and oxygen atoms in total. The van der Waals surface area contributed by atoms with Crippen molar-refractivity contribution in [3.8, 4) is 23.0 Å². The van der Waals surface area contributed by atoms with Crippen molar-refractivity contribution in [2.75, 3.05) is 52.3 Å². The van der Waals surface area contributed by atoms with Crippen LogP contribution in [0.5, 0.6) is 23.0 Å². The predicted octanol–water partition coefficient (Wildman–Crippen LogP) is 4.78. The number of hydrogen-bond acceptors (Lipinski definition) is 7. The van der Waals surface area contributed by atoms with Gasteiger partial charge in [0.1, 0.15) is 28.8 Å². The van der Waals surface area contributed by atoms with E-state index in [9.17, 15) is 4.79 Å². The van der Waals surface area contributed by atoms with Gasteiger partial charge < -0.3 is 29.3 Å². The van der Waals surface area contributed by atoms with Crippen LogP contribution in [0.2, 0.25) is 0 Å². The van der Waals surface area contributed by atoms with E-state index < -0.39 is 0 Å². The topological polar surface area (TPSA) is 75.6 Å². The Kier molecular flexibility index (Phi) is 6.77. The first-order chi connectivity index (χ1) is 17.6. The number of fused-ring (bicyclic) bond motifs is 2. The maximum Gasteiger partial charge on any atom is 0.255 e. The molecule has 0 unspecified atom stereocenters. The number of nitrogens with one attached hydrogen (secondary N) is 1. The summed E-state index contributed by atoms with van der Waals surface area (Å²) in [5, 5.41) is 3.00. The van der Waals surface area contributed by atoms with Gasteiger partial charge in [-0.1, -0.05) is 19.1 Å². The minimum absolute atomic E-state index is 0.264. The largest absolute Gasteiger partial charge is 0.497 e. The first-order valence-electron chi connectivity index (χ1n) is 12.1. The van der Waals surface area contributed by atoms with Crippen LogP contribution in [0.1, 0.15) is 22.8 Å². The predicted molar refractivity (Wildman–Crippen MR) is 140 cm³/mol. The second-order valence-electron chi connectivity index (χ2n) is 8.69. The molecule has 0 saturated carbocycles. The Bertz CT molecular complexity index is 1280. The molecule has 3 aromatic rings. The van der Waals surface area contributed by atoms with Gasteiger partial charge in [-0.15, -0.1) is 0 Å². The number of para-hydroxylation sites is 2. The summed E-state index contributed by atoms with van der Waals surface area (Å²) in [5.41, 5.74) is 2.72. The fourth-order valence-electron chi connectivity index (χ4n) is 4.46. The van der Waals surface area contributed by atoms with Crippen LogP contribution < -0.4 is 19.5 Å². The van der Waals surface area contributed by atoms with Gasteiger partial charge in [0.25, 0.3) is 5.91 Å². The number of nitrogens with zero attached hydrogens (tertiary/aromatic N) is 3. The van der Waals surface area contributed by atoms with Gasteiger partial charge in [0.05, 0.1) is 19.8 Å². The second-order valence-corrected chi connectivity index (χ2v) is 8.69. The van der Waals surface area contributed by atoms with E-state index >= 15 is 0 Å². The molecule has 2 aliphatic rings. The number of amides is 1. The number of likely N-dealkylation sites (N-methyl/N-ethyl adjacent to an activating group) is 1. The lowest BCUT2D eigenvalue weighted by molar-refractivity contribution is 0.102. The SMILES string of the molecule is CCN1CCN(C2=Nc3ccccc3Oc3ccc(NC(=O)c4cc(OC)cc(OC)c4)cc32)CC1. The molecule has 1 amide bonds. The Morgan fingerprint density at radius 1 is 0.944 bits per heavy atom. The van der Waals surface area contributed by atoms with Crippen LogP contribution in [-0.2, 0) is 0 Å². The van der Waals surface area contributed by atoms with Crippen LogP contribution >= 0.6 is 0 Å². The maximum atomic E-state index is 13.1. The van der Waals surface area contributed by atoms with Crippen LogP contribution in [-0.4, -0.2) is 68.5 Å². The standard InChI is InChI=1S/C28H30N4O4/c1-4-31-11-13-32(14-12-31)27-23-17-20(9-10-25(23)36-26-8-6-5-7-24(26)30-27)29-28(33)19-15-21(34-2)18-22(16-19)35-3/h5-10,15-18H,4,11-14H2,1-3H3,(H,29,33). The van der Waals surface area contributed by atoms with Gasteiger partial charge in [-0.25, -0.2) is 4.99 Å². The number of anilines is 1. The van der Waals surface area contributed by atoms with Gasteiger partial charge in [0.2, 0.25) is 0 Å².